The fraction of sp³-hybridized carbons (Fsp3) is 0.125. The maximum absolute atomic E-state index is 11.2. The molecule has 0 radical (unpaired) electrons. The van der Waals surface area contributed by atoms with Crippen LogP contribution in [0.5, 0.6) is 0 Å². The summed E-state index contributed by atoms with van der Waals surface area (Å²) in [6, 6.07) is 0. The van der Waals surface area contributed by atoms with Crippen LogP contribution in [0.25, 0.3) is 0 Å². The predicted molar refractivity (Wildman–Crippen MR) is 57.5 cm³/mol. The number of nitrogens with one attached hydrogen (secondary N) is 1. The van der Waals surface area contributed by atoms with Crippen molar-refractivity contribution in [1.82, 2.24) is 4.72 Å². The van der Waals surface area contributed by atoms with Gasteiger partial charge in [-0.3, -0.25) is 0 Å². The molecule has 82 valence electrons. The van der Waals surface area contributed by atoms with Gasteiger partial charge in [0.2, 0.25) is 0 Å². The Morgan fingerprint density at radius 2 is 2.20 bits per heavy atom. The first-order chi connectivity index (χ1) is 6.91. The number of rotatable bonds is 0. The SMILES string of the molecule is C=C1/C=C\C(O)=C/CNS(=O)(=O)N=C1N. The lowest BCUT2D eigenvalue weighted by atomic mass is 10.2. The Balaban J connectivity index is 3.14. The summed E-state index contributed by atoms with van der Waals surface area (Å²) in [6.07, 6.45) is 4.02. The Hall–Kier alpha value is -1.60. The molecule has 7 heteroatoms. The van der Waals surface area contributed by atoms with Gasteiger partial charge in [-0.05, 0) is 18.2 Å². The zero-order valence-electron chi connectivity index (χ0n) is 7.84. The van der Waals surface area contributed by atoms with E-state index < -0.39 is 10.2 Å². The van der Waals surface area contributed by atoms with Crippen molar-refractivity contribution >= 4 is 16.0 Å². The summed E-state index contributed by atoms with van der Waals surface area (Å²) < 4.78 is 27.8. The highest BCUT2D eigenvalue weighted by Crippen LogP contribution is 2.01. The van der Waals surface area contributed by atoms with E-state index in [-0.39, 0.29) is 23.7 Å². The number of aliphatic hydroxyl groups is 1. The third kappa shape index (κ3) is 3.56. The van der Waals surface area contributed by atoms with Crippen LogP contribution in [0.15, 0.2) is 40.5 Å². The highest BCUT2D eigenvalue weighted by atomic mass is 32.2. The van der Waals surface area contributed by atoms with Crippen molar-refractivity contribution in [3.05, 3.63) is 36.1 Å². The van der Waals surface area contributed by atoms with Gasteiger partial charge >= 0.3 is 10.2 Å². The molecule has 1 rings (SSSR count). The molecule has 0 aromatic heterocycles. The van der Waals surface area contributed by atoms with Crippen molar-refractivity contribution in [1.29, 1.82) is 0 Å². The van der Waals surface area contributed by atoms with Gasteiger partial charge in [-0.2, -0.15) is 13.1 Å². The van der Waals surface area contributed by atoms with Crippen LogP contribution in [-0.2, 0) is 10.2 Å². The molecule has 0 bridgehead atoms. The zero-order chi connectivity index (χ0) is 11.5. The molecule has 0 aromatic rings. The second kappa shape index (κ2) is 4.28. The third-order valence-corrected chi connectivity index (χ3v) is 2.55. The van der Waals surface area contributed by atoms with Crippen LogP contribution in [0.3, 0.4) is 0 Å². The number of nitrogens with zero attached hydrogens (tertiary/aromatic N) is 1. The van der Waals surface area contributed by atoms with Crippen LogP contribution in [0, 0.1) is 0 Å². The van der Waals surface area contributed by atoms with Crippen molar-refractivity contribution in [3.8, 4) is 0 Å². The maximum Gasteiger partial charge on any atom is 0.322 e. The topological polar surface area (TPSA) is 105 Å². The van der Waals surface area contributed by atoms with Crippen LogP contribution in [-0.4, -0.2) is 25.9 Å². The van der Waals surface area contributed by atoms with E-state index in [0.29, 0.717) is 0 Å². The van der Waals surface area contributed by atoms with E-state index in [1.807, 2.05) is 0 Å². The Bertz CT molecular complexity index is 460. The van der Waals surface area contributed by atoms with E-state index in [1.54, 1.807) is 0 Å². The van der Waals surface area contributed by atoms with Crippen molar-refractivity contribution in [2.45, 2.75) is 0 Å². The van der Waals surface area contributed by atoms with Crippen LogP contribution in [0.2, 0.25) is 0 Å². The van der Waals surface area contributed by atoms with Gasteiger partial charge in [0.15, 0.2) is 0 Å². The molecule has 6 nitrogen and oxygen atoms in total. The lowest BCUT2D eigenvalue weighted by Gasteiger charge is -2.04. The number of hydrogen-bond donors (Lipinski definition) is 3. The Kier molecular flexibility index (Phi) is 3.28. The molecule has 0 spiro atoms. The summed E-state index contributed by atoms with van der Waals surface area (Å²) in [4.78, 5) is 0. The minimum atomic E-state index is -3.83. The van der Waals surface area contributed by atoms with Gasteiger partial charge in [-0.25, -0.2) is 0 Å². The van der Waals surface area contributed by atoms with Gasteiger partial charge in [-0.1, -0.05) is 6.58 Å². The zero-order valence-corrected chi connectivity index (χ0v) is 8.66. The number of allylic oxidation sites excluding steroid dienone is 1. The normalized spacial score (nSPS) is 27.3. The summed E-state index contributed by atoms with van der Waals surface area (Å²) >= 11 is 0. The molecular formula is C8H11N3O3S. The van der Waals surface area contributed by atoms with Gasteiger partial charge in [0.1, 0.15) is 11.6 Å². The molecule has 15 heavy (non-hydrogen) atoms. The smallest absolute Gasteiger partial charge is 0.322 e. The van der Waals surface area contributed by atoms with Crippen LogP contribution >= 0.6 is 0 Å². The monoisotopic (exact) mass is 229 g/mol. The van der Waals surface area contributed by atoms with E-state index in [0.717, 1.165) is 0 Å². The first-order valence-corrected chi connectivity index (χ1v) is 5.46. The van der Waals surface area contributed by atoms with Crippen LogP contribution in [0.1, 0.15) is 0 Å². The van der Waals surface area contributed by atoms with Gasteiger partial charge < -0.3 is 10.8 Å². The summed E-state index contributed by atoms with van der Waals surface area (Å²) in [5, 5.41) is 9.22. The lowest BCUT2D eigenvalue weighted by Crippen LogP contribution is -2.26. The molecule has 1 aliphatic heterocycles. The summed E-state index contributed by atoms with van der Waals surface area (Å²) in [5.41, 5.74) is 5.58. The van der Waals surface area contributed by atoms with Gasteiger partial charge in [0.05, 0.1) is 0 Å². The van der Waals surface area contributed by atoms with Crippen molar-refractivity contribution < 1.29 is 13.5 Å². The highest BCUT2D eigenvalue weighted by molar-refractivity contribution is 7.88. The van der Waals surface area contributed by atoms with Gasteiger partial charge in [0.25, 0.3) is 0 Å². The quantitative estimate of drug-likeness (QED) is 0.532. The largest absolute Gasteiger partial charge is 0.508 e. The molecule has 1 heterocycles. The summed E-state index contributed by atoms with van der Waals surface area (Å²) in [6.45, 7) is 3.44. The summed E-state index contributed by atoms with van der Waals surface area (Å²) in [5.74, 6) is -0.290. The first kappa shape index (κ1) is 11.5. The van der Waals surface area contributed by atoms with E-state index in [1.165, 1.54) is 18.2 Å². The lowest BCUT2D eigenvalue weighted by molar-refractivity contribution is 0.430. The predicted octanol–water partition coefficient (Wildman–Crippen LogP) is -0.254. The van der Waals surface area contributed by atoms with Crippen molar-refractivity contribution in [2.24, 2.45) is 10.1 Å². The van der Waals surface area contributed by atoms with Gasteiger partial charge in [0, 0.05) is 12.1 Å². The number of aliphatic hydroxyl groups excluding tert-OH is 1. The Morgan fingerprint density at radius 3 is 2.87 bits per heavy atom. The van der Waals surface area contributed by atoms with E-state index in [4.69, 9.17) is 5.73 Å². The number of nitrogens with two attached hydrogens (primary N) is 1. The standard InChI is InChI=1S/C8H11N3O3S/c1-6-2-3-7(12)4-5-10-15(13,14)11-8(6)9/h2-4,10,12H,1,5H2,(H2,9,11)/b3-2-,7-4+. The van der Waals surface area contributed by atoms with Crippen molar-refractivity contribution in [2.75, 3.05) is 6.54 Å². The molecule has 4 N–H and O–H groups in total. The maximum atomic E-state index is 11.2. The molecule has 1 aliphatic rings. The molecule has 0 atom stereocenters. The Morgan fingerprint density at radius 1 is 1.53 bits per heavy atom. The molecule has 0 fully saturated rings. The minimum absolute atomic E-state index is 0.0538. The van der Waals surface area contributed by atoms with Crippen LogP contribution in [0.4, 0.5) is 0 Å². The van der Waals surface area contributed by atoms with Gasteiger partial charge in [-0.15, -0.1) is 4.40 Å². The van der Waals surface area contributed by atoms with E-state index in [9.17, 15) is 13.5 Å². The Labute approximate surface area is 87.7 Å². The van der Waals surface area contributed by atoms with Crippen molar-refractivity contribution in [3.63, 3.8) is 0 Å². The number of hydrogen-bond acceptors (Lipinski definition) is 4. The molecule has 0 aromatic carbocycles. The molecule has 0 amide bonds. The first-order valence-electron chi connectivity index (χ1n) is 4.02. The molecule has 0 saturated heterocycles. The van der Waals surface area contributed by atoms with E-state index >= 15 is 0 Å². The number of amidine groups is 1. The second-order valence-electron chi connectivity index (χ2n) is 2.79. The molecule has 0 unspecified atom stereocenters. The molecule has 0 aliphatic carbocycles. The fourth-order valence-electron chi connectivity index (χ4n) is 0.811. The third-order valence-electron chi connectivity index (χ3n) is 1.58. The minimum Gasteiger partial charge on any atom is -0.508 e. The average Bonchev–Trinajstić information content (AvgIpc) is 2.11. The molecular weight excluding hydrogens is 218 g/mol. The molecule has 0 saturated carbocycles. The average molecular weight is 229 g/mol. The van der Waals surface area contributed by atoms with E-state index in [2.05, 4.69) is 15.7 Å². The fourth-order valence-corrected chi connectivity index (χ4v) is 1.55. The second-order valence-corrected chi connectivity index (χ2v) is 4.21. The highest BCUT2D eigenvalue weighted by Gasteiger charge is 2.09. The summed E-state index contributed by atoms with van der Waals surface area (Å²) in [7, 11) is -3.83. The van der Waals surface area contributed by atoms with Crippen LogP contribution < -0.4 is 10.5 Å².